The van der Waals surface area contributed by atoms with Gasteiger partial charge in [0.2, 0.25) is 5.91 Å². The molecule has 8 heteroatoms. The molecule has 8 nitrogen and oxygen atoms in total. The Labute approximate surface area is 156 Å². The van der Waals surface area contributed by atoms with Crippen molar-refractivity contribution in [3.8, 4) is 0 Å². The third kappa shape index (κ3) is 5.46. The molecule has 1 N–H and O–H groups in total. The maximum atomic E-state index is 12.7. The molecule has 138 valence electrons. The number of aromatic nitrogens is 3. The van der Waals surface area contributed by atoms with Crippen LogP contribution >= 0.6 is 0 Å². The van der Waals surface area contributed by atoms with Crippen molar-refractivity contribution in [3.63, 3.8) is 0 Å². The molecule has 0 saturated carbocycles. The van der Waals surface area contributed by atoms with Gasteiger partial charge in [0.15, 0.2) is 0 Å². The van der Waals surface area contributed by atoms with E-state index in [0.29, 0.717) is 12.3 Å². The zero-order valence-electron chi connectivity index (χ0n) is 14.6. The summed E-state index contributed by atoms with van der Waals surface area (Å²) in [7, 11) is 0. The molecule has 3 heterocycles. The molecule has 3 aromatic rings. The van der Waals surface area contributed by atoms with E-state index >= 15 is 0 Å². The van der Waals surface area contributed by atoms with Gasteiger partial charge in [-0.15, -0.1) is 0 Å². The van der Waals surface area contributed by atoms with E-state index in [4.69, 9.17) is 4.42 Å². The molecule has 27 heavy (non-hydrogen) atoms. The predicted molar refractivity (Wildman–Crippen MR) is 96.2 cm³/mol. The van der Waals surface area contributed by atoms with Gasteiger partial charge in [0.05, 0.1) is 19.0 Å². The van der Waals surface area contributed by atoms with Crippen LogP contribution < -0.4 is 5.32 Å². The Balaban J connectivity index is 1.59. The lowest BCUT2D eigenvalue weighted by Crippen LogP contribution is -2.35. The molecule has 0 atom stereocenters. The third-order valence-corrected chi connectivity index (χ3v) is 3.82. The number of hydrogen-bond donors (Lipinski definition) is 1. The second-order valence-electron chi connectivity index (χ2n) is 5.78. The monoisotopic (exact) mass is 365 g/mol. The Bertz CT molecular complexity index is 854. The Morgan fingerprint density at radius 3 is 2.67 bits per heavy atom. The van der Waals surface area contributed by atoms with Gasteiger partial charge in [-0.2, -0.15) is 0 Å². The first kappa shape index (κ1) is 18.2. The van der Waals surface area contributed by atoms with Crippen molar-refractivity contribution in [2.75, 3.05) is 6.54 Å². The molecular formula is C19H19N5O3. The summed E-state index contributed by atoms with van der Waals surface area (Å²) in [6, 6.07) is 7.22. The second-order valence-corrected chi connectivity index (χ2v) is 5.78. The fourth-order valence-corrected chi connectivity index (χ4v) is 2.44. The molecule has 3 aromatic heterocycles. The number of furan rings is 1. The molecule has 0 saturated heterocycles. The summed E-state index contributed by atoms with van der Waals surface area (Å²) in [4.78, 5) is 38.4. The van der Waals surface area contributed by atoms with Crippen molar-refractivity contribution >= 4 is 11.8 Å². The molecule has 0 radical (unpaired) electrons. The van der Waals surface area contributed by atoms with Gasteiger partial charge in [0, 0.05) is 44.3 Å². The first-order valence-electron chi connectivity index (χ1n) is 8.45. The van der Waals surface area contributed by atoms with Crippen molar-refractivity contribution in [1.82, 2.24) is 25.2 Å². The fraction of sp³-hybridized carbons (Fsp3) is 0.211. The van der Waals surface area contributed by atoms with E-state index in [1.807, 2.05) is 12.1 Å². The smallest absolute Gasteiger partial charge is 0.274 e. The van der Waals surface area contributed by atoms with Crippen LogP contribution in [0.1, 0.15) is 28.2 Å². The summed E-state index contributed by atoms with van der Waals surface area (Å²) in [5.41, 5.74) is 1.13. The minimum absolute atomic E-state index is 0.157. The van der Waals surface area contributed by atoms with Crippen LogP contribution in [-0.2, 0) is 17.9 Å². The number of hydrogen-bond acceptors (Lipinski definition) is 6. The van der Waals surface area contributed by atoms with Gasteiger partial charge in [-0.3, -0.25) is 19.6 Å². The molecule has 0 aliphatic heterocycles. The minimum atomic E-state index is -0.306. The van der Waals surface area contributed by atoms with Crippen molar-refractivity contribution in [2.45, 2.75) is 19.5 Å². The summed E-state index contributed by atoms with van der Waals surface area (Å²) < 4.78 is 5.32. The predicted octanol–water partition coefficient (Wildman–Crippen LogP) is 1.81. The number of nitrogens with zero attached hydrogens (tertiary/aromatic N) is 4. The van der Waals surface area contributed by atoms with Crippen LogP contribution in [0.15, 0.2) is 65.9 Å². The lowest BCUT2D eigenvalue weighted by molar-refractivity contribution is -0.121. The SMILES string of the molecule is O=C(CCN(Cc1ccco1)C(=O)c1cnccn1)NCc1cccnc1. The van der Waals surface area contributed by atoms with Crippen LogP contribution in [0.3, 0.4) is 0 Å². The zero-order chi connectivity index (χ0) is 18.9. The van der Waals surface area contributed by atoms with Crippen molar-refractivity contribution in [3.05, 3.63) is 78.5 Å². The van der Waals surface area contributed by atoms with Crippen LogP contribution in [0.5, 0.6) is 0 Å². The molecule has 0 fully saturated rings. The van der Waals surface area contributed by atoms with E-state index in [1.165, 1.54) is 23.5 Å². The largest absolute Gasteiger partial charge is 0.467 e. The first-order valence-corrected chi connectivity index (χ1v) is 8.45. The Hall–Kier alpha value is -3.55. The molecule has 0 spiro atoms. The average molecular weight is 365 g/mol. The molecular weight excluding hydrogens is 346 g/mol. The van der Waals surface area contributed by atoms with Gasteiger partial charge >= 0.3 is 0 Å². The van der Waals surface area contributed by atoms with Crippen LogP contribution in [0.2, 0.25) is 0 Å². The van der Waals surface area contributed by atoms with Gasteiger partial charge in [-0.25, -0.2) is 4.98 Å². The van der Waals surface area contributed by atoms with Gasteiger partial charge < -0.3 is 14.6 Å². The summed E-state index contributed by atoms with van der Waals surface area (Å²) in [5, 5.41) is 2.82. The maximum absolute atomic E-state index is 12.7. The second kappa shape index (κ2) is 9.23. The van der Waals surface area contributed by atoms with E-state index in [9.17, 15) is 9.59 Å². The molecule has 0 aliphatic rings. The van der Waals surface area contributed by atoms with Gasteiger partial charge in [-0.05, 0) is 23.8 Å². The number of rotatable bonds is 8. The maximum Gasteiger partial charge on any atom is 0.274 e. The van der Waals surface area contributed by atoms with Crippen LogP contribution in [0.4, 0.5) is 0 Å². The zero-order valence-corrected chi connectivity index (χ0v) is 14.6. The normalized spacial score (nSPS) is 10.4. The van der Waals surface area contributed by atoms with Gasteiger partial charge in [0.25, 0.3) is 5.91 Å². The highest BCUT2D eigenvalue weighted by Crippen LogP contribution is 2.10. The van der Waals surface area contributed by atoms with Crippen LogP contribution in [0.25, 0.3) is 0 Å². The summed E-state index contributed by atoms with van der Waals surface area (Å²) in [5.74, 6) is 0.165. The summed E-state index contributed by atoms with van der Waals surface area (Å²) in [6.45, 7) is 0.871. The number of pyridine rings is 1. The Morgan fingerprint density at radius 1 is 1.07 bits per heavy atom. The number of carbonyl (C=O) groups excluding carboxylic acids is 2. The van der Waals surface area contributed by atoms with Crippen LogP contribution in [0, 0.1) is 0 Å². The molecule has 2 amide bonds. The van der Waals surface area contributed by atoms with Gasteiger partial charge in [0.1, 0.15) is 11.5 Å². The quantitative estimate of drug-likeness (QED) is 0.653. The highest BCUT2D eigenvalue weighted by atomic mass is 16.3. The van der Waals surface area contributed by atoms with E-state index in [2.05, 4.69) is 20.3 Å². The topological polar surface area (TPSA) is 101 Å². The van der Waals surface area contributed by atoms with E-state index in [-0.39, 0.29) is 37.0 Å². The third-order valence-electron chi connectivity index (χ3n) is 3.82. The van der Waals surface area contributed by atoms with Crippen molar-refractivity contribution in [2.24, 2.45) is 0 Å². The first-order chi connectivity index (χ1) is 13.2. The molecule has 0 aromatic carbocycles. The summed E-state index contributed by atoms with van der Waals surface area (Å²) in [6.07, 6.45) is 9.43. The van der Waals surface area contributed by atoms with E-state index in [1.54, 1.807) is 30.8 Å². The average Bonchev–Trinajstić information content (AvgIpc) is 3.23. The molecule has 0 unspecified atom stereocenters. The van der Waals surface area contributed by atoms with E-state index in [0.717, 1.165) is 5.56 Å². The highest BCUT2D eigenvalue weighted by molar-refractivity contribution is 5.92. The Kier molecular flexibility index (Phi) is 6.24. The number of amides is 2. The van der Waals surface area contributed by atoms with Gasteiger partial charge in [-0.1, -0.05) is 6.07 Å². The lowest BCUT2D eigenvalue weighted by atomic mass is 10.2. The number of nitrogens with one attached hydrogen (secondary N) is 1. The van der Waals surface area contributed by atoms with Crippen molar-refractivity contribution in [1.29, 1.82) is 0 Å². The fourth-order valence-electron chi connectivity index (χ4n) is 2.44. The summed E-state index contributed by atoms with van der Waals surface area (Å²) >= 11 is 0. The standard InChI is InChI=1S/C19H19N5O3/c25-18(23-12-15-3-1-6-20-11-15)5-9-24(14-16-4-2-10-27-16)19(26)17-13-21-7-8-22-17/h1-4,6-8,10-11,13H,5,9,12,14H2,(H,23,25). The molecule has 0 bridgehead atoms. The number of carbonyl (C=O) groups is 2. The van der Waals surface area contributed by atoms with Crippen LogP contribution in [-0.4, -0.2) is 38.2 Å². The Morgan fingerprint density at radius 2 is 1.96 bits per heavy atom. The van der Waals surface area contributed by atoms with E-state index < -0.39 is 0 Å². The minimum Gasteiger partial charge on any atom is -0.467 e. The molecule has 3 rings (SSSR count). The highest BCUT2D eigenvalue weighted by Gasteiger charge is 2.19. The van der Waals surface area contributed by atoms with Crippen molar-refractivity contribution < 1.29 is 14.0 Å². The lowest BCUT2D eigenvalue weighted by Gasteiger charge is -2.21. The molecule has 0 aliphatic carbocycles.